The van der Waals surface area contributed by atoms with Gasteiger partial charge in [-0.15, -0.1) is 11.3 Å². The fraction of sp³-hybridized carbons (Fsp3) is 0.786. The summed E-state index contributed by atoms with van der Waals surface area (Å²) >= 11 is 1.79. The van der Waals surface area contributed by atoms with Crippen LogP contribution in [-0.4, -0.2) is 18.1 Å². The van der Waals surface area contributed by atoms with Crippen molar-refractivity contribution in [3.05, 3.63) is 15.6 Å². The molecule has 1 atom stereocenters. The van der Waals surface area contributed by atoms with Crippen molar-refractivity contribution in [3.63, 3.8) is 0 Å². The van der Waals surface area contributed by atoms with E-state index < -0.39 is 0 Å². The Labute approximate surface area is 115 Å². The first-order valence-electron chi connectivity index (χ1n) is 6.74. The molecular formula is C14H26N2OS. The van der Waals surface area contributed by atoms with Gasteiger partial charge < -0.3 is 10.1 Å². The number of hydrogen-bond donors (Lipinski definition) is 1. The summed E-state index contributed by atoms with van der Waals surface area (Å²) in [6.45, 7) is 11.8. The molecule has 0 aliphatic heterocycles. The van der Waals surface area contributed by atoms with Gasteiger partial charge in [0.2, 0.25) is 0 Å². The standard InChI is InChI=1S/C14H26N2OS/c1-7-11-12(8-15-10(4)5)18-14(16-11)13(17-6)9(2)3/h9-10,13,15H,7-8H2,1-6H3. The maximum atomic E-state index is 5.56. The first-order chi connectivity index (χ1) is 8.49. The quantitative estimate of drug-likeness (QED) is 0.823. The average Bonchev–Trinajstić information content (AvgIpc) is 2.70. The van der Waals surface area contributed by atoms with Crippen molar-refractivity contribution >= 4 is 11.3 Å². The topological polar surface area (TPSA) is 34.1 Å². The van der Waals surface area contributed by atoms with Gasteiger partial charge in [-0.05, 0) is 12.3 Å². The van der Waals surface area contributed by atoms with E-state index in [0.717, 1.165) is 18.0 Å². The Morgan fingerprint density at radius 3 is 2.39 bits per heavy atom. The Kier molecular flexibility index (Phi) is 6.26. The molecule has 0 aromatic carbocycles. The Hall–Kier alpha value is -0.450. The first-order valence-corrected chi connectivity index (χ1v) is 7.55. The van der Waals surface area contributed by atoms with E-state index in [1.54, 1.807) is 18.4 Å². The van der Waals surface area contributed by atoms with Crippen LogP contribution in [0.3, 0.4) is 0 Å². The van der Waals surface area contributed by atoms with E-state index in [1.165, 1.54) is 10.6 Å². The minimum atomic E-state index is 0.119. The molecule has 1 heterocycles. The van der Waals surface area contributed by atoms with Crippen molar-refractivity contribution < 1.29 is 4.74 Å². The molecule has 1 aromatic heterocycles. The maximum absolute atomic E-state index is 5.56. The monoisotopic (exact) mass is 270 g/mol. The Bertz CT molecular complexity index is 361. The van der Waals surface area contributed by atoms with Gasteiger partial charge >= 0.3 is 0 Å². The van der Waals surface area contributed by atoms with Gasteiger partial charge in [0.15, 0.2) is 0 Å². The number of hydrogen-bond acceptors (Lipinski definition) is 4. The number of methoxy groups -OCH3 is 1. The van der Waals surface area contributed by atoms with Gasteiger partial charge in [0.1, 0.15) is 11.1 Å². The maximum Gasteiger partial charge on any atom is 0.122 e. The minimum Gasteiger partial charge on any atom is -0.374 e. The van der Waals surface area contributed by atoms with E-state index in [4.69, 9.17) is 9.72 Å². The fourth-order valence-corrected chi connectivity index (χ4v) is 3.25. The highest BCUT2D eigenvalue weighted by molar-refractivity contribution is 7.11. The van der Waals surface area contributed by atoms with Crippen molar-refractivity contribution in [1.82, 2.24) is 10.3 Å². The molecule has 0 radical (unpaired) electrons. The van der Waals surface area contributed by atoms with Crippen LogP contribution in [-0.2, 0) is 17.7 Å². The normalized spacial score (nSPS) is 13.6. The molecule has 18 heavy (non-hydrogen) atoms. The number of aromatic nitrogens is 1. The lowest BCUT2D eigenvalue weighted by Crippen LogP contribution is -2.21. The molecule has 0 amide bonds. The lowest BCUT2D eigenvalue weighted by Gasteiger charge is -2.16. The molecule has 0 aliphatic rings. The highest BCUT2D eigenvalue weighted by atomic mass is 32.1. The zero-order valence-electron chi connectivity index (χ0n) is 12.4. The van der Waals surface area contributed by atoms with Crippen molar-refractivity contribution in [3.8, 4) is 0 Å². The predicted octanol–water partition coefficient (Wildman–Crippen LogP) is 3.55. The summed E-state index contributed by atoms with van der Waals surface area (Å²) < 4.78 is 5.56. The van der Waals surface area contributed by atoms with Crippen LogP contribution in [0.5, 0.6) is 0 Å². The van der Waals surface area contributed by atoms with Crippen LogP contribution in [0.25, 0.3) is 0 Å². The highest BCUT2D eigenvalue weighted by Crippen LogP contribution is 2.31. The number of nitrogens with zero attached hydrogens (tertiary/aromatic N) is 1. The van der Waals surface area contributed by atoms with Crippen LogP contribution >= 0.6 is 11.3 Å². The predicted molar refractivity (Wildman–Crippen MR) is 78.1 cm³/mol. The number of nitrogens with one attached hydrogen (secondary N) is 1. The van der Waals surface area contributed by atoms with E-state index in [9.17, 15) is 0 Å². The van der Waals surface area contributed by atoms with Crippen molar-refractivity contribution in [2.75, 3.05) is 7.11 Å². The third-order valence-electron chi connectivity index (χ3n) is 2.90. The SMILES string of the molecule is CCc1nc(C(OC)C(C)C)sc1CNC(C)C. The summed E-state index contributed by atoms with van der Waals surface area (Å²) in [6, 6.07) is 0.503. The molecule has 0 saturated carbocycles. The Morgan fingerprint density at radius 2 is 1.94 bits per heavy atom. The third kappa shape index (κ3) is 4.04. The second-order valence-corrected chi connectivity index (χ2v) is 6.33. The summed E-state index contributed by atoms with van der Waals surface area (Å²) in [5, 5.41) is 4.58. The van der Waals surface area contributed by atoms with Gasteiger partial charge in [-0.3, -0.25) is 0 Å². The van der Waals surface area contributed by atoms with E-state index in [-0.39, 0.29) is 6.10 Å². The number of rotatable bonds is 7. The Morgan fingerprint density at radius 1 is 1.28 bits per heavy atom. The molecule has 104 valence electrons. The summed E-state index contributed by atoms with van der Waals surface area (Å²) in [6.07, 6.45) is 1.10. The highest BCUT2D eigenvalue weighted by Gasteiger charge is 2.21. The van der Waals surface area contributed by atoms with E-state index in [2.05, 4.69) is 39.9 Å². The van der Waals surface area contributed by atoms with Crippen molar-refractivity contribution in [2.24, 2.45) is 5.92 Å². The molecule has 0 bridgehead atoms. The largest absolute Gasteiger partial charge is 0.374 e. The molecule has 1 aromatic rings. The summed E-state index contributed by atoms with van der Waals surface area (Å²) in [5.41, 5.74) is 1.21. The van der Waals surface area contributed by atoms with Gasteiger partial charge in [-0.1, -0.05) is 34.6 Å². The Balaban J connectivity index is 2.88. The molecule has 4 heteroatoms. The molecule has 0 spiro atoms. The molecule has 1 unspecified atom stereocenters. The van der Waals surface area contributed by atoms with Crippen LogP contribution in [0.4, 0.5) is 0 Å². The van der Waals surface area contributed by atoms with Crippen molar-refractivity contribution in [2.45, 2.75) is 59.7 Å². The van der Waals surface area contributed by atoms with Crippen LogP contribution in [0.1, 0.15) is 56.3 Å². The molecule has 0 saturated heterocycles. The van der Waals surface area contributed by atoms with Gasteiger partial charge in [-0.2, -0.15) is 0 Å². The molecule has 0 fully saturated rings. The zero-order chi connectivity index (χ0) is 13.7. The van der Waals surface area contributed by atoms with Gasteiger partial charge in [0, 0.05) is 24.6 Å². The number of ether oxygens (including phenoxy) is 1. The molecule has 0 aliphatic carbocycles. The molecular weight excluding hydrogens is 244 g/mol. The van der Waals surface area contributed by atoms with Crippen LogP contribution in [0.2, 0.25) is 0 Å². The summed E-state index contributed by atoms with van der Waals surface area (Å²) in [4.78, 5) is 6.10. The van der Waals surface area contributed by atoms with Crippen LogP contribution < -0.4 is 5.32 Å². The average molecular weight is 270 g/mol. The fourth-order valence-electron chi connectivity index (χ4n) is 1.89. The third-order valence-corrected chi connectivity index (χ3v) is 4.06. The van der Waals surface area contributed by atoms with Crippen LogP contribution in [0, 0.1) is 5.92 Å². The van der Waals surface area contributed by atoms with Crippen LogP contribution in [0.15, 0.2) is 0 Å². The van der Waals surface area contributed by atoms with Gasteiger partial charge in [-0.25, -0.2) is 4.98 Å². The van der Waals surface area contributed by atoms with E-state index >= 15 is 0 Å². The lowest BCUT2D eigenvalue weighted by molar-refractivity contribution is 0.0643. The second-order valence-electron chi connectivity index (χ2n) is 5.21. The molecule has 3 nitrogen and oxygen atoms in total. The summed E-state index contributed by atoms with van der Waals surface area (Å²) in [5.74, 6) is 0.455. The van der Waals surface area contributed by atoms with Crippen molar-refractivity contribution in [1.29, 1.82) is 0 Å². The van der Waals surface area contributed by atoms with Gasteiger partial charge in [0.25, 0.3) is 0 Å². The smallest absolute Gasteiger partial charge is 0.122 e. The van der Waals surface area contributed by atoms with E-state index in [1.807, 2.05) is 0 Å². The first kappa shape index (κ1) is 15.6. The number of thiazole rings is 1. The number of aryl methyl sites for hydroxylation is 1. The van der Waals surface area contributed by atoms with Gasteiger partial charge in [0.05, 0.1) is 5.69 Å². The zero-order valence-corrected chi connectivity index (χ0v) is 13.2. The minimum absolute atomic E-state index is 0.119. The second kappa shape index (κ2) is 7.22. The molecule has 1 rings (SSSR count). The van der Waals surface area contributed by atoms with E-state index in [0.29, 0.717) is 12.0 Å². The molecule has 1 N–H and O–H groups in total. The summed E-state index contributed by atoms with van der Waals surface area (Å²) in [7, 11) is 1.77. The lowest BCUT2D eigenvalue weighted by atomic mass is 10.1.